The quantitative estimate of drug-likeness (QED) is 0.557. The molecule has 24 heavy (non-hydrogen) atoms. The average molecular weight is 362 g/mol. The molecular formula is C15H21ClFN3O4. The summed E-state index contributed by atoms with van der Waals surface area (Å²) in [6.45, 7) is 6.33. The Labute approximate surface area is 144 Å². The molecule has 0 radical (unpaired) electrons. The van der Waals surface area contributed by atoms with Crippen molar-refractivity contribution < 1.29 is 23.8 Å². The van der Waals surface area contributed by atoms with Gasteiger partial charge in [-0.1, -0.05) is 20.4 Å². The fourth-order valence-electron chi connectivity index (χ4n) is 2.45. The Morgan fingerprint density at radius 1 is 1.71 bits per heavy atom. The summed E-state index contributed by atoms with van der Waals surface area (Å²) in [6.07, 6.45) is -1.41. The highest BCUT2D eigenvalue weighted by molar-refractivity contribution is 6.18. The van der Waals surface area contributed by atoms with Gasteiger partial charge in [-0.05, 0) is 6.08 Å². The third-order valence-corrected chi connectivity index (χ3v) is 4.33. The Hall–Kier alpha value is -1.64. The number of ether oxygens (including phenoxy) is 2. The zero-order chi connectivity index (χ0) is 18.1. The van der Waals surface area contributed by atoms with Crippen LogP contribution in [0.1, 0.15) is 13.8 Å². The molecule has 1 saturated heterocycles. The van der Waals surface area contributed by atoms with Crippen LogP contribution in [0, 0.1) is 5.92 Å². The number of aliphatic imine (C=N–C) groups is 1. The molecule has 0 bridgehead atoms. The second kappa shape index (κ2) is 7.08. The first-order valence-electron chi connectivity index (χ1n) is 7.44. The molecule has 7 nitrogen and oxygen atoms in total. The van der Waals surface area contributed by atoms with E-state index in [4.69, 9.17) is 26.8 Å². The second-order valence-electron chi connectivity index (χ2n) is 6.00. The lowest BCUT2D eigenvalue weighted by Gasteiger charge is -2.31. The van der Waals surface area contributed by atoms with E-state index in [1.54, 1.807) is 13.8 Å². The van der Waals surface area contributed by atoms with Gasteiger partial charge >= 0.3 is 5.97 Å². The number of esters is 1. The van der Waals surface area contributed by atoms with Crippen molar-refractivity contribution in [3.63, 3.8) is 0 Å². The van der Waals surface area contributed by atoms with Gasteiger partial charge in [-0.25, -0.2) is 9.38 Å². The van der Waals surface area contributed by atoms with Gasteiger partial charge in [0.2, 0.25) is 0 Å². The van der Waals surface area contributed by atoms with Crippen molar-refractivity contribution in [2.45, 2.75) is 38.0 Å². The van der Waals surface area contributed by atoms with Crippen molar-refractivity contribution >= 4 is 23.4 Å². The Kier molecular flexibility index (Phi) is 5.52. The maximum atomic E-state index is 15.0. The number of hydrogen-bond acceptors (Lipinski definition) is 7. The molecule has 4 atom stereocenters. The summed E-state index contributed by atoms with van der Waals surface area (Å²) in [6, 6.07) is 0. The topological polar surface area (TPSA) is 97.4 Å². The van der Waals surface area contributed by atoms with Crippen molar-refractivity contribution in [3.8, 4) is 0 Å². The predicted molar refractivity (Wildman–Crippen MR) is 86.8 cm³/mol. The molecule has 0 aromatic rings. The molecule has 0 unspecified atom stereocenters. The van der Waals surface area contributed by atoms with Gasteiger partial charge in [0.25, 0.3) is 0 Å². The fourth-order valence-corrected chi connectivity index (χ4v) is 2.75. The van der Waals surface area contributed by atoms with Gasteiger partial charge in [-0.2, -0.15) is 0 Å². The molecule has 134 valence electrons. The standard InChI is InChI=1S/C15H21ClFN3O4/c1-8(2)14(22)23-12-11(17)13(24-15(12,6-16)7-21)20-5-4-10(18)19-9(20)3/h4-5,8,11-13,21H,3,6-7H2,1-2H3,(H2,18,19)/t11-,12+,13-,15-/m1/s1. The van der Waals surface area contributed by atoms with Crippen LogP contribution in [0.5, 0.6) is 0 Å². The van der Waals surface area contributed by atoms with E-state index in [-0.39, 0.29) is 17.5 Å². The molecule has 0 amide bonds. The first kappa shape index (κ1) is 18.7. The molecule has 0 spiro atoms. The Morgan fingerprint density at radius 2 is 2.38 bits per heavy atom. The van der Waals surface area contributed by atoms with Crippen molar-refractivity contribution in [2.24, 2.45) is 16.6 Å². The molecule has 1 fully saturated rings. The van der Waals surface area contributed by atoms with E-state index in [0.717, 1.165) is 0 Å². The summed E-state index contributed by atoms with van der Waals surface area (Å²) in [5.74, 6) is -0.938. The van der Waals surface area contributed by atoms with Gasteiger partial charge in [0.05, 0.1) is 18.4 Å². The Bertz CT molecular complexity index is 577. The minimum atomic E-state index is -1.77. The highest BCUT2D eigenvalue weighted by Crippen LogP contribution is 2.39. The summed E-state index contributed by atoms with van der Waals surface area (Å²) in [5.41, 5.74) is 4.00. The molecule has 0 aliphatic carbocycles. The molecule has 3 N–H and O–H groups in total. The number of amidine groups is 1. The minimum Gasteiger partial charge on any atom is -0.456 e. The minimum absolute atomic E-state index is 0.167. The molecular weight excluding hydrogens is 341 g/mol. The van der Waals surface area contributed by atoms with Crippen LogP contribution in [0.15, 0.2) is 29.7 Å². The van der Waals surface area contributed by atoms with Crippen LogP contribution < -0.4 is 5.73 Å². The van der Waals surface area contributed by atoms with Gasteiger partial charge in [0.1, 0.15) is 17.3 Å². The maximum Gasteiger partial charge on any atom is 0.308 e. The Morgan fingerprint density at radius 3 is 2.88 bits per heavy atom. The average Bonchev–Trinajstić information content (AvgIpc) is 2.81. The molecule has 0 aromatic heterocycles. The summed E-state index contributed by atoms with van der Waals surface area (Å²) in [5, 5.41) is 9.71. The van der Waals surface area contributed by atoms with E-state index in [2.05, 4.69) is 11.6 Å². The number of alkyl halides is 2. The van der Waals surface area contributed by atoms with Gasteiger partial charge in [0.15, 0.2) is 18.5 Å². The third kappa shape index (κ3) is 3.26. The summed E-state index contributed by atoms with van der Waals surface area (Å²) in [7, 11) is 0. The SMILES string of the molecule is C=C1N=C(N)C=CN1[C@@H]1O[C@@](CO)(CCl)[C@@H](OC(=O)C(C)C)[C@H]1F. The van der Waals surface area contributed by atoms with Crippen LogP contribution in [-0.2, 0) is 14.3 Å². The lowest BCUT2D eigenvalue weighted by Crippen LogP contribution is -2.50. The number of aliphatic hydroxyl groups excluding tert-OH is 1. The molecule has 2 aliphatic rings. The third-order valence-electron chi connectivity index (χ3n) is 3.88. The van der Waals surface area contributed by atoms with Crippen LogP contribution in [0.3, 0.4) is 0 Å². The van der Waals surface area contributed by atoms with E-state index in [0.29, 0.717) is 0 Å². The molecule has 2 aliphatic heterocycles. The molecule has 0 saturated carbocycles. The first-order chi connectivity index (χ1) is 11.3. The van der Waals surface area contributed by atoms with Crippen LogP contribution in [0.2, 0.25) is 0 Å². The number of nitrogens with two attached hydrogens (primary N) is 1. The number of carbonyl (C=O) groups excluding carboxylic acids is 1. The highest BCUT2D eigenvalue weighted by atomic mass is 35.5. The smallest absolute Gasteiger partial charge is 0.308 e. The lowest BCUT2D eigenvalue weighted by molar-refractivity contribution is -0.168. The van der Waals surface area contributed by atoms with Crippen molar-refractivity contribution in [1.82, 2.24) is 4.90 Å². The van der Waals surface area contributed by atoms with Crippen LogP contribution in [0.25, 0.3) is 0 Å². The Balaban J connectivity index is 2.29. The number of nitrogens with zero attached hydrogens (tertiary/aromatic N) is 2. The van der Waals surface area contributed by atoms with E-state index in [9.17, 15) is 9.90 Å². The fraction of sp³-hybridized carbons (Fsp3) is 0.600. The number of rotatable bonds is 5. The summed E-state index contributed by atoms with van der Waals surface area (Å²) >= 11 is 5.90. The van der Waals surface area contributed by atoms with Crippen molar-refractivity contribution in [3.05, 3.63) is 24.7 Å². The van der Waals surface area contributed by atoms with Crippen LogP contribution >= 0.6 is 11.6 Å². The molecule has 9 heteroatoms. The zero-order valence-electron chi connectivity index (χ0n) is 13.5. The van der Waals surface area contributed by atoms with Crippen molar-refractivity contribution in [2.75, 3.05) is 12.5 Å². The first-order valence-corrected chi connectivity index (χ1v) is 7.98. The normalized spacial score (nSPS) is 33.1. The highest BCUT2D eigenvalue weighted by Gasteiger charge is 2.59. The van der Waals surface area contributed by atoms with E-state index in [1.165, 1.54) is 17.2 Å². The second-order valence-corrected chi connectivity index (χ2v) is 6.26. The van der Waals surface area contributed by atoms with Gasteiger partial charge in [0, 0.05) is 6.20 Å². The monoisotopic (exact) mass is 361 g/mol. The number of carbonyl (C=O) groups is 1. The maximum absolute atomic E-state index is 15.0. The molecule has 2 rings (SSSR count). The van der Waals surface area contributed by atoms with E-state index < -0.39 is 42.6 Å². The molecule has 0 aromatic carbocycles. The van der Waals surface area contributed by atoms with Crippen LogP contribution in [-0.4, -0.2) is 58.4 Å². The zero-order valence-corrected chi connectivity index (χ0v) is 14.2. The summed E-state index contributed by atoms with van der Waals surface area (Å²) in [4.78, 5) is 17.2. The number of hydrogen-bond donors (Lipinski definition) is 2. The predicted octanol–water partition coefficient (Wildman–Crippen LogP) is 0.876. The van der Waals surface area contributed by atoms with Gasteiger partial charge in [-0.3, -0.25) is 4.79 Å². The number of aliphatic hydroxyl groups is 1. The van der Waals surface area contributed by atoms with Crippen molar-refractivity contribution in [1.29, 1.82) is 0 Å². The number of halogens is 2. The van der Waals surface area contributed by atoms with E-state index in [1.807, 2.05) is 0 Å². The summed E-state index contributed by atoms with van der Waals surface area (Å²) < 4.78 is 25.9. The van der Waals surface area contributed by atoms with Crippen LogP contribution in [0.4, 0.5) is 4.39 Å². The van der Waals surface area contributed by atoms with E-state index >= 15 is 4.39 Å². The lowest BCUT2D eigenvalue weighted by atomic mass is 9.98. The van der Waals surface area contributed by atoms with Gasteiger partial charge < -0.3 is 25.2 Å². The van der Waals surface area contributed by atoms with Gasteiger partial charge in [-0.15, -0.1) is 11.6 Å². The molecule has 2 heterocycles. The largest absolute Gasteiger partial charge is 0.456 e.